The van der Waals surface area contributed by atoms with E-state index in [0.717, 1.165) is 28.0 Å². The van der Waals surface area contributed by atoms with E-state index >= 15 is 0 Å². The highest BCUT2D eigenvalue weighted by Gasteiger charge is 2.40. The molecule has 2 atom stereocenters. The van der Waals surface area contributed by atoms with Crippen molar-refractivity contribution in [1.29, 1.82) is 0 Å². The Balaban J connectivity index is 0.00000323. The van der Waals surface area contributed by atoms with Crippen molar-refractivity contribution >= 4 is 54.7 Å². The van der Waals surface area contributed by atoms with Gasteiger partial charge in [-0.05, 0) is 66.3 Å². The predicted octanol–water partition coefficient (Wildman–Crippen LogP) is 4.51. The van der Waals surface area contributed by atoms with Crippen molar-refractivity contribution in [1.82, 2.24) is 14.3 Å². The molecule has 1 aliphatic rings. The Labute approximate surface area is 230 Å². The third-order valence-electron chi connectivity index (χ3n) is 6.96. The number of anilines is 3. The molecule has 0 spiro atoms. The largest absolute Gasteiger partial charge is 0.382 e. The summed E-state index contributed by atoms with van der Waals surface area (Å²) in [6.45, 7) is 0. The van der Waals surface area contributed by atoms with Crippen LogP contribution in [-0.2, 0) is 14.8 Å². The Bertz CT molecular complexity index is 1770. The maximum absolute atomic E-state index is 13.6. The fourth-order valence-corrected chi connectivity index (χ4v) is 6.62. The Kier molecular flexibility index (Phi) is 6.29. The number of carbonyl (C=O) groups excluding carboxylic acids is 1. The zero-order chi connectivity index (χ0) is 27.1. The molecule has 3 aromatic carbocycles. The van der Waals surface area contributed by atoms with Gasteiger partial charge in [-0.3, -0.25) is 4.79 Å². The second-order valence-electron chi connectivity index (χ2n) is 9.35. The number of fused-ring (bicyclic) bond motifs is 1. The number of benzene rings is 3. The van der Waals surface area contributed by atoms with Crippen LogP contribution in [0.1, 0.15) is 26.1 Å². The number of nitrogens with two attached hydrogens (primary N) is 2. The molecule has 0 aliphatic carbocycles. The molecule has 6 rings (SSSR count). The molecule has 2 unspecified atom stereocenters. The second-order valence-corrected chi connectivity index (χ2v) is 11.7. The number of aromatic amines is 1. The number of primary sulfonamides is 1. The minimum absolute atomic E-state index is 0. The van der Waals surface area contributed by atoms with E-state index in [-0.39, 0.29) is 18.3 Å². The van der Waals surface area contributed by atoms with E-state index < -0.39 is 16.1 Å². The number of hydrogen-bond acceptors (Lipinski definition) is 8. The number of carbonyl (C=O) groups is 1. The first-order chi connectivity index (χ1) is 18.8. The first-order valence-electron chi connectivity index (χ1n) is 12.3. The average Bonchev–Trinajstić information content (AvgIpc) is 3.69. The van der Waals surface area contributed by atoms with Crippen molar-refractivity contribution in [3.63, 3.8) is 0 Å². The smallest absolute Gasteiger partial charge is 0.247 e. The van der Waals surface area contributed by atoms with Gasteiger partial charge in [-0.2, -0.15) is 4.37 Å². The van der Waals surface area contributed by atoms with Crippen molar-refractivity contribution in [3.8, 4) is 11.1 Å². The van der Waals surface area contributed by atoms with E-state index in [1.54, 1.807) is 54.9 Å². The molecule has 1 amide bonds. The third kappa shape index (κ3) is 4.73. The molecule has 5 aromatic rings. The zero-order valence-corrected chi connectivity index (χ0v) is 22.2. The van der Waals surface area contributed by atoms with E-state index in [4.69, 9.17) is 10.9 Å². The summed E-state index contributed by atoms with van der Waals surface area (Å²) in [7, 11) is -3.89. The molecule has 12 heteroatoms. The number of aromatic nitrogens is 3. The highest BCUT2D eigenvalue weighted by Crippen LogP contribution is 2.41. The van der Waals surface area contributed by atoms with E-state index in [0.29, 0.717) is 29.1 Å². The first-order valence-corrected chi connectivity index (χ1v) is 14.6. The van der Waals surface area contributed by atoms with Crippen molar-refractivity contribution < 1.29 is 14.6 Å². The SMILES string of the molecule is Nc1nsc2ccc(N3C(C(=O)Nc4ccc(-c5ccccc5S(N)(=O)=O)cc4)CCC3c3ncc[nH]3)cc12.[2HH]. The molecule has 10 nitrogen and oxygen atoms in total. The highest BCUT2D eigenvalue weighted by atomic mass is 32.2. The zero-order valence-electron chi connectivity index (χ0n) is 20.6. The molecule has 1 fully saturated rings. The second kappa shape index (κ2) is 9.80. The Morgan fingerprint density at radius 2 is 1.90 bits per heavy atom. The number of nitrogens with one attached hydrogen (secondary N) is 2. The molecule has 39 heavy (non-hydrogen) atoms. The average molecular weight is 563 g/mol. The van der Waals surface area contributed by atoms with Crippen molar-refractivity contribution in [2.75, 3.05) is 16.0 Å². The van der Waals surface area contributed by atoms with Gasteiger partial charge in [0, 0.05) is 36.1 Å². The lowest BCUT2D eigenvalue weighted by molar-refractivity contribution is -0.117. The van der Waals surface area contributed by atoms with E-state index in [1.807, 2.05) is 18.2 Å². The molecule has 2 aromatic heterocycles. The third-order valence-corrected chi connectivity index (χ3v) is 8.77. The number of H-pyrrole nitrogens is 1. The summed E-state index contributed by atoms with van der Waals surface area (Å²) < 4.78 is 29.3. The van der Waals surface area contributed by atoms with Crippen molar-refractivity contribution in [3.05, 3.63) is 84.9 Å². The minimum Gasteiger partial charge on any atom is -0.382 e. The van der Waals surface area contributed by atoms with Gasteiger partial charge in [0.25, 0.3) is 0 Å². The van der Waals surface area contributed by atoms with Gasteiger partial charge in [0.1, 0.15) is 17.7 Å². The summed E-state index contributed by atoms with van der Waals surface area (Å²) in [5.74, 6) is 1.11. The normalized spacial score (nSPS) is 17.5. The minimum atomic E-state index is -3.89. The van der Waals surface area contributed by atoms with E-state index in [1.165, 1.54) is 17.6 Å². The summed E-state index contributed by atoms with van der Waals surface area (Å²) in [6.07, 6.45) is 4.86. The molecule has 0 saturated carbocycles. The van der Waals surface area contributed by atoms with E-state index in [9.17, 15) is 13.2 Å². The summed E-state index contributed by atoms with van der Waals surface area (Å²) in [5, 5.41) is 9.28. The standard InChI is InChI=1S/C27H25N7O3S2.H2/c28-25-20-15-18(9-12-23(20)38-33-25)34-21(26-30-13-14-31-26)10-11-22(34)27(35)32-17-7-5-16(6-8-17)19-3-1-2-4-24(19)39(29,36)37;/h1-9,12-15,21-22H,10-11H2,(H2,28,33)(H,30,31)(H,32,35)(H2,29,36,37);1H/i;1+1. The molecule has 200 valence electrons. The fraction of sp³-hybridized carbons (Fsp3) is 0.148. The first kappa shape index (κ1) is 25.0. The Hall–Kier alpha value is -4.26. The molecule has 1 aliphatic heterocycles. The molecular formula is C27H27N7O3S2. The highest BCUT2D eigenvalue weighted by molar-refractivity contribution is 7.89. The van der Waals surface area contributed by atoms with Crippen LogP contribution in [-0.4, -0.2) is 34.7 Å². The van der Waals surface area contributed by atoms with Crippen LogP contribution in [0.2, 0.25) is 0 Å². The quantitative estimate of drug-likeness (QED) is 0.237. The maximum atomic E-state index is 13.6. The lowest BCUT2D eigenvalue weighted by atomic mass is 10.1. The van der Waals surface area contributed by atoms with Crippen molar-refractivity contribution in [2.45, 2.75) is 29.8 Å². The molecular weight excluding hydrogens is 534 g/mol. The topological polar surface area (TPSA) is 160 Å². The lowest BCUT2D eigenvalue weighted by Crippen LogP contribution is -2.41. The van der Waals surface area contributed by atoms with Crippen LogP contribution in [0.25, 0.3) is 21.2 Å². The fourth-order valence-electron chi connectivity index (χ4n) is 5.17. The van der Waals surface area contributed by atoms with Crippen LogP contribution in [0.15, 0.2) is 84.0 Å². The van der Waals surface area contributed by atoms with Crippen molar-refractivity contribution in [2.24, 2.45) is 5.14 Å². The van der Waals surface area contributed by atoms with Gasteiger partial charge in [0.05, 0.1) is 15.6 Å². The Morgan fingerprint density at radius 3 is 2.64 bits per heavy atom. The molecule has 0 bridgehead atoms. The number of sulfonamides is 1. The van der Waals surface area contributed by atoms with Gasteiger partial charge >= 0.3 is 0 Å². The summed E-state index contributed by atoms with van der Waals surface area (Å²) in [5.41, 5.74) is 8.73. The van der Waals surface area contributed by atoms with Gasteiger partial charge in [0.15, 0.2) is 0 Å². The van der Waals surface area contributed by atoms with Crippen LogP contribution in [0, 0.1) is 0 Å². The molecule has 6 N–H and O–H groups in total. The van der Waals surface area contributed by atoms with Crippen LogP contribution >= 0.6 is 11.5 Å². The number of nitrogen functional groups attached to an aromatic ring is 1. The number of imidazole rings is 1. The molecule has 0 radical (unpaired) electrons. The number of rotatable bonds is 6. The van der Waals surface area contributed by atoms with Gasteiger partial charge in [-0.25, -0.2) is 18.5 Å². The van der Waals surface area contributed by atoms with Gasteiger partial charge in [0.2, 0.25) is 15.9 Å². The lowest BCUT2D eigenvalue weighted by Gasteiger charge is -2.31. The Morgan fingerprint density at radius 1 is 1.10 bits per heavy atom. The van der Waals surface area contributed by atoms with Gasteiger partial charge in [-0.1, -0.05) is 30.3 Å². The monoisotopic (exact) mass is 562 g/mol. The van der Waals surface area contributed by atoms with Gasteiger partial charge in [-0.15, -0.1) is 0 Å². The maximum Gasteiger partial charge on any atom is 0.247 e. The predicted molar refractivity (Wildman–Crippen MR) is 155 cm³/mol. The summed E-state index contributed by atoms with van der Waals surface area (Å²) in [4.78, 5) is 23.4. The molecule has 3 heterocycles. The van der Waals surface area contributed by atoms with Crippen LogP contribution < -0.4 is 21.1 Å². The summed E-state index contributed by atoms with van der Waals surface area (Å²) in [6, 6.07) is 19.0. The van der Waals surface area contributed by atoms with Crippen LogP contribution in [0.5, 0.6) is 0 Å². The van der Waals surface area contributed by atoms with Crippen LogP contribution in [0.3, 0.4) is 0 Å². The molecule has 1 saturated heterocycles. The number of nitrogens with zero attached hydrogens (tertiary/aromatic N) is 3. The number of amides is 1. The summed E-state index contributed by atoms with van der Waals surface area (Å²) >= 11 is 1.34. The van der Waals surface area contributed by atoms with E-state index in [2.05, 4.69) is 24.6 Å². The van der Waals surface area contributed by atoms with Gasteiger partial charge < -0.3 is 20.9 Å². The van der Waals surface area contributed by atoms with Crippen LogP contribution in [0.4, 0.5) is 17.2 Å². The number of hydrogen-bond donors (Lipinski definition) is 4.